The summed E-state index contributed by atoms with van der Waals surface area (Å²) in [4.78, 5) is 22.4. The molecule has 1 aromatic carbocycles. The first-order chi connectivity index (χ1) is 10.0. The molecular formula is C13H18N4O4. The van der Waals surface area contributed by atoms with Gasteiger partial charge in [-0.2, -0.15) is 0 Å². The lowest BCUT2D eigenvalue weighted by atomic mass is 10.1. The predicted octanol–water partition coefficient (Wildman–Crippen LogP) is 1.18. The van der Waals surface area contributed by atoms with E-state index >= 15 is 0 Å². The maximum atomic E-state index is 12.2. The number of rotatable bonds is 5. The van der Waals surface area contributed by atoms with Gasteiger partial charge in [0, 0.05) is 18.2 Å². The standard InChI is InChI=1S/C13H18N4O4/c1-8(12-3-2-6-21-12)15-13(18)9-4-5-11(17(19)20)10(7-9)16-14/h4-5,7-8,12,16H,2-3,6,14H2,1H3,(H,15,18). The van der Waals surface area contributed by atoms with E-state index in [9.17, 15) is 14.9 Å². The summed E-state index contributed by atoms with van der Waals surface area (Å²) in [5.41, 5.74) is 2.45. The third-order valence-corrected chi connectivity index (χ3v) is 3.49. The molecule has 1 aliphatic rings. The Kier molecular flexibility index (Phi) is 4.71. The summed E-state index contributed by atoms with van der Waals surface area (Å²) in [7, 11) is 0. The van der Waals surface area contributed by atoms with Crippen molar-refractivity contribution in [2.45, 2.75) is 31.9 Å². The summed E-state index contributed by atoms with van der Waals surface area (Å²) < 4.78 is 5.51. The van der Waals surface area contributed by atoms with E-state index in [4.69, 9.17) is 10.6 Å². The largest absolute Gasteiger partial charge is 0.376 e. The molecule has 1 aromatic rings. The molecule has 2 atom stereocenters. The summed E-state index contributed by atoms with van der Waals surface area (Å²) in [5.74, 6) is 4.94. The Morgan fingerprint density at radius 1 is 1.57 bits per heavy atom. The fraction of sp³-hybridized carbons (Fsp3) is 0.462. The maximum absolute atomic E-state index is 12.2. The molecule has 0 radical (unpaired) electrons. The van der Waals surface area contributed by atoms with Crippen LogP contribution in [0.15, 0.2) is 18.2 Å². The van der Waals surface area contributed by atoms with Crippen LogP contribution < -0.4 is 16.6 Å². The van der Waals surface area contributed by atoms with Gasteiger partial charge in [-0.05, 0) is 31.9 Å². The molecule has 0 aromatic heterocycles. The monoisotopic (exact) mass is 294 g/mol. The molecule has 1 fully saturated rings. The number of nitrogens with one attached hydrogen (secondary N) is 2. The van der Waals surface area contributed by atoms with Crippen LogP contribution in [-0.2, 0) is 4.74 Å². The number of nitrogen functional groups attached to an aromatic ring is 1. The fourth-order valence-electron chi connectivity index (χ4n) is 2.33. The van der Waals surface area contributed by atoms with Gasteiger partial charge < -0.3 is 15.5 Å². The van der Waals surface area contributed by atoms with Crippen LogP contribution in [0.25, 0.3) is 0 Å². The molecule has 1 heterocycles. The molecule has 0 aliphatic carbocycles. The van der Waals surface area contributed by atoms with Gasteiger partial charge in [-0.15, -0.1) is 0 Å². The number of nitrogens with zero attached hydrogens (tertiary/aromatic N) is 1. The summed E-state index contributed by atoms with van der Waals surface area (Å²) in [5, 5.41) is 13.6. The van der Waals surface area contributed by atoms with Crippen LogP contribution in [0.5, 0.6) is 0 Å². The number of nitrogens with two attached hydrogens (primary N) is 1. The van der Waals surface area contributed by atoms with Crippen molar-refractivity contribution in [2.24, 2.45) is 5.84 Å². The minimum Gasteiger partial charge on any atom is -0.376 e. The van der Waals surface area contributed by atoms with Crippen molar-refractivity contribution in [3.05, 3.63) is 33.9 Å². The lowest BCUT2D eigenvalue weighted by Gasteiger charge is -2.20. The lowest BCUT2D eigenvalue weighted by Crippen LogP contribution is -2.40. The molecule has 8 heteroatoms. The first-order valence-corrected chi connectivity index (χ1v) is 6.70. The SMILES string of the molecule is CC(NC(=O)c1ccc([N+](=O)[O-])c(NN)c1)C1CCCO1. The smallest absolute Gasteiger partial charge is 0.293 e. The molecule has 1 aliphatic heterocycles. The second-order valence-electron chi connectivity index (χ2n) is 4.95. The molecule has 1 amide bonds. The highest BCUT2D eigenvalue weighted by Gasteiger charge is 2.24. The van der Waals surface area contributed by atoms with E-state index in [-0.39, 0.29) is 29.4 Å². The van der Waals surface area contributed by atoms with Crippen LogP contribution in [0.1, 0.15) is 30.1 Å². The molecule has 0 bridgehead atoms. The highest BCUT2D eigenvalue weighted by Crippen LogP contribution is 2.24. The molecule has 0 spiro atoms. The lowest BCUT2D eigenvalue weighted by molar-refractivity contribution is -0.384. The maximum Gasteiger partial charge on any atom is 0.293 e. The molecular weight excluding hydrogens is 276 g/mol. The van der Waals surface area contributed by atoms with Crippen LogP contribution in [-0.4, -0.2) is 29.6 Å². The van der Waals surface area contributed by atoms with Gasteiger partial charge in [0.2, 0.25) is 0 Å². The van der Waals surface area contributed by atoms with Crippen LogP contribution in [0, 0.1) is 10.1 Å². The fourth-order valence-corrected chi connectivity index (χ4v) is 2.33. The molecule has 4 N–H and O–H groups in total. The highest BCUT2D eigenvalue weighted by molar-refractivity contribution is 5.96. The van der Waals surface area contributed by atoms with E-state index in [0.717, 1.165) is 12.8 Å². The minimum absolute atomic E-state index is 0.0131. The number of amides is 1. The minimum atomic E-state index is -0.564. The van der Waals surface area contributed by atoms with E-state index in [2.05, 4.69) is 10.7 Å². The Labute approximate surface area is 121 Å². The quantitative estimate of drug-likeness (QED) is 0.426. The van der Waals surface area contributed by atoms with Crippen molar-refractivity contribution in [1.82, 2.24) is 5.32 Å². The molecule has 0 saturated carbocycles. The van der Waals surface area contributed by atoms with E-state index in [1.165, 1.54) is 18.2 Å². The summed E-state index contributed by atoms with van der Waals surface area (Å²) in [6.07, 6.45) is 1.92. The summed E-state index contributed by atoms with van der Waals surface area (Å²) in [6.45, 7) is 2.59. The number of carbonyl (C=O) groups is 1. The first kappa shape index (κ1) is 15.2. The van der Waals surface area contributed by atoms with Crippen LogP contribution in [0.4, 0.5) is 11.4 Å². The van der Waals surface area contributed by atoms with Gasteiger partial charge >= 0.3 is 0 Å². The second-order valence-corrected chi connectivity index (χ2v) is 4.95. The zero-order valence-electron chi connectivity index (χ0n) is 11.7. The Morgan fingerprint density at radius 3 is 2.90 bits per heavy atom. The van der Waals surface area contributed by atoms with Gasteiger partial charge in [0.05, 0.1) is 17.1 Å². The Morgan fingerprint density at radius 2 is 2.33 bits per heavy atom. The zero-order valence-corrected chi connectivity index (χ0v) is 11.7. The number of hydrogen-bond acceptors (Lipinski definition) is 6. The predicted molar refractivity (Wildman–Crippen MR) is 76.8 cm³/mol. The summed E-state index contributed by atoms with van der Waals surface area (Å²) in [6, 6.07) is 3.89. The van der Waals surface area contributed by atoms with Crippen molar-refractivity contribution in [3.63, 3.8) is 0 Å². The third-order valence-electron chi connectivity index (χ3n) is 3.49. The van der Waals surface area contributed by atoms with Crippen LogP contribution in [0.3, 0.4) is 0 Å². The van der Waals surface area contributed by atoms with Gasteiger partial charge in [-0.3, -0.25) is 20.8 Å². The van der Waals surface area contributed by atoms with Gasteiger partial charge in [-0.1, -0.05) is 0 Å². The Bertz CT molecular complexity index is 543. The van der Waals surface area contributed by atoms with Crippen molar-refractivity contribution in [3.8, 4) is 0 Å². The number of ether oxygens (including phenoxy) is 1. The van der Waals surface area contributed by atoms with Crippen LogP contribution in [0.2, 0.25) is 0 Å². The van der Waals surface area contributed by atoms with E-state index in [1.54, 1.807) is 0 Å². The van der Waals surface area contributed by atoms with Crippen molar-refractivity contribution in [2.75, 3.05) is 12.0 Å². The van der Waals surface area contributed by atoms with Gasteiger partial charge in [0.25, 0.3) is 11.6 Å². The first-order valence-electron chi connectivity index (χ1n) is 6.70. The number of benzene rings is 1. The molecule has 2 unspecified atom stereocenters. The Hall–Kier alpha value is -2.19. The highest BCUT2D eigenvalue weighted by atomic mass is 16.6. The van der Waals surface area contributed by atoms with E-state index in [1.807, 2.05) is 6.92 Å². The molecule has 2 rings (SSSR count). The van der Waals surface area contributed by atoms with E-state index < -0.39 is 4.92 Å². The number of hydrogen-bond donors (Lipinski definition) is 3. The second kappa shape index (κ2) is 6.51. The van der Waals surface area contributed by atoms with Gasteiger partial charge in [0.1, 0.15) is 5.69 Å². The van der Waals surface area contributed by atoms with Crippen molar-refractivity contribution >= 4 is 17.3 Å². The number of nitro benzene ring substituents is 1. The topological polar surface area (TPSA) is 120 Å². The molecule has 1 saturated heterocycles. The number of nitro groups is 1. The Balaban J connectivity index is 2.10. The van der Waals surface area contributed by atoms with Crippen molar-refractivity contribution in [1.29, 1.82) is 0 Å². The van der Waals surface area contributed by atoms with Crippen molar-refractivity contribution < 1.29 is 14.5 Å². The number of hydrazine groups is 1. The van der Waals surface area contributed by atoms with Gasteiger partial charge in [0.15, 0.2) is 0 Å². The number of anilines is 1. The average Bonchev–Trinajstić information content (AvgIpc) is 3.00. The zero-order chi connectivity index (χ0) is 15.4. The summed E-state index contributed by atoms with van der Waals surface area (Å²) >= 11 is 0. The van der Waals surface area contributed by atoms with Gasteiger partial charge in [-0.25, -0.2) is 0 Å². The van der Waals surface area contributed by atoms with E-state index in [0.29, 0.717) is 12.2 Å². The molecule has 21 heavy (non-hydrogen) atoms. The third kappa shape index (κ3) is 3.47. The molecule has 8 nitrogen and oxygen atoms in total. The molecule has 114 valence electrons. The normalized spacial score (nSPS) is 19.0. The average molecular weight is 294 g/mol. The van der Waals surface area contributed by atoms with Crippen LogP contribution >= 0.6 is 0 Å². The number of carbonyl (C=O) groups excluding carboxylic acids is 1.